The molecule has 0 fully saturated rings. The maximum absolute atomic E-state index is 2.36. The quantitative estimate of drug-likeness (QED) is 0.521. The van der Waals surface area contributed by atoms with Crippen LogP contribution in [0.15, 0.2) is 72.3 Å². The first-order chi connectivity index (χ1) is 11.2. The first-order valence-electron chi connectivity index (χ1n) is 8.18. The standard InChI is InChI=1S/C23H20/c1-16-14-19-12-13-21(18-9-4-3-5-10-18)23(22(19)15-16)20-11-7-6-8-17(20)2/h3-13,15H,14H2,1-2H3. The maximum atomic E-state index is 2.36. The molecule has 0 N–H and O–H groups in total. The van der Waals surface area contributed by atoms with Crippen molar-refractivity contribution < 1.29 is 0 Å². The molecule has 1 aliphatic rings. The molecule has 112 valence electrons. The van der Waals surface area contributed by atoms with Gasteiger partial charge in [0.1, 0.15) is 0 Å². The third-order valence-electron chi connectivity index (χ3n) is 4.70. The molecule has 0 nitrogen and oxygen atoms in total. The molecule has 4 rings (SSSR count). The Bertz CT molecular complexity index is 899. The molecule has 0 atom stereocenters. The van der Waals surface area contributed by atoms with Crippen molar-refractivity contribution in [2.75, 3.05) is 0 Å². The SMILES string of the molecule is CC1=Cc2c(ccc(-c3ccccc3)c2-c2ccccc2C)C1. The van der Waals surface area contributed by atoms with Gasteiger partial charge in [0.05, 0.1) is 0 Å². The number of aryl methyl sites for hydroxylation is 1. The molecule has 0 radical (unpaired) electrons. The lowest BCUT2D eigenvalue weighted by atomic mass is 9.87. The smallest absolute Gasteiger partial charge is 0.00273 e. The van der Waals surface area contributed by atoms with Gasteiger partial charge in [-0.1, -0.05) is 78.4 Å². The molecule has 0 saturated heterocycles. The molecule has 0 amide bonds. The van der Waals surface area contributed by atoms with Crippen LogP contribution in [-0.2, 0) is 6.42 Å². The minimum atomic E-state index is 1.07. The molecule has 0 bridgehead atoms. The highest BCUT2D eigenvalue weighted by molar-refractivity contribution is 5.93. The van der Waals surface area contributed by atoms with E-state index in [-0.39, 0.29) is 0 Å². The second kappa shape index (κ2) is 5.55. The zero-order valence-corrected chi connectivity index (χ0v) is 13.6. The van der Waals surface area contributed by atoms with Crippen molar-refractivity contribution in [3.8, 4) is 22.3 Å². The third-order valence-corrected chi connectivity index (χ3v) is 4.70. The van der Waals surface area contributed by atoms with E-state index in [4.69, 9.17) is 0 Å². The van der Waals surface area contributed by atoms with Crippen molar-refractivity contribution >= 4 is 6.08 Å². The van der Waals surface area contributed by atoms with Gasteiger partial charge in [0.25, 0.3) is 0 Å². The van der Waals surface area contributed by atoms with Gasteiger partial charge in [-0.15, -0.1) is 0 Å². The van der Waals surface area contributed by atoms with Crippen LogP contribution in [0.2, 0.25) is 0 Å². The summed E-state index contributed by atoms with van der Waals surface area (Å²) in [4.78, 5) is 0. The molecule has 0 heterocycles. The van der Waals surface area contributed by atoms with Crippen molar-refractivity contribution in [3.05, 3.63) is 89.0 Å². The Morgan fingerprint density at radius 1 is 0.696 bits per heavy atom. The van der Waals surface area contributed by atoms with Crippen LogP contribution in [0.1, 0.15) is 23.6 Å². The van der Waals surface area contributed by atoms with E-state index in [1.807, 2.05) is 0 Å². The lowest BCUT2D eigenvalue weighted by Crippen LogP contribution is -1.94. The van der Waals surface area contributed by atoms with Gasteiger partial charge < -0.3 is 0 Å². The van der Waals surface area contributed by atoms with E-state index in [0.29, 0.717) is 0 Å². The Morgan fingerprint density at radius 3 is 2.22 bits per heavy atom. The van der Waals surface area contributed by atoms with E-state index in [9.17, 15) is 0 Å². The fourth-order valence-corrected chi connectivity index (χ4v) is 3.58. The highest BCUT2D eigenvalue weighted by atomic mass is 14.2. The normalized spacial score (nSPS) is 12.9. The predicted molar refractivity (Wildman–Crippen MR) is 99.4 cm³/mol. The van der Waals surface area contributed by atoms with Gasteiger partial charge in [-0.25, -0.2) is 0 Å². The van der Waals surface area contributed by atoms with Crippen LogP contribution < -0.4 is 0 Å². The fourth-order valence-electron chi connectivity index (χ4n) is 3.58. The number of fused-ring (bicyclic) bond motifs is 1. The fraction of sp³-hybridized carbons (Fsp3) is 0.130. The largest absolute Gasteiger partial charge is 0.0683 e. The van der Waals surface area contributed by atoms with E-state index in [0.717, 1.165) is 6.42 Å². The first kappa shape index (κ1) is 14.0. The number of rotatable bonds is 2. The molecular weight excluding hydrogens is 276 g/mol. The lowest BCUT2D eigenvalue weighted by Gasteiger charge is -2.17. The number of allylic oxidation sites excluding steroid dienone is 1. The summed E-state index contributed by atoms with van der Waals surface area (Å²) >= 11 is 0. The van der Waals surface area contributed by atoms with Gasteiger partial charge in [-0.3, -0.25) is 0 Å². The highest BCUT2D eigenvalue weighted by Gasteiger charge is 2.19. The molecule has 3 aromatic rings. The summed E-state index contributed by atoms with van der Waals surface area (Å²) in [7, 11) is 0. The Morgan fingerprint density at radius 2 is 1.43 bits per heavy atom. The van der Waals surface area contributed by atoms with Gasteiger partial charge in [0.15, 0.2) is 0 Å². The van der Waals surface area contributed by atoms with Crippen molar-refractivity contribution in [1.82, 2.24) is 0 Å². The molecule has 0 aromatic heterocycles. The van der Waals surface area contributed by atoms with Gasteiger partial charge in [-0.2, -0.15) is 0 Å². The van der Waals surface area contributed by atoms with E-state index < -0.39 is 0 Å². The Hall–Kier alpha value is -2.60. The molecule has 23 heavy (non-hydrogen) atoms. The van der Waals surface area contributed by atoms with Crippen LogP contribution in [0.5, 0.6) is 0 Å². The highest BCUT2D eigenvalue weighted by Crippen LogP contribution is 2.41. The van der Waals surface area contributed by atoms with Crippen LogP contribution in [-0.4, -0.2) is 0 Å². The topological polar surface area (TPSA) is 0 Å². The summed E-state index contributed by atoms with van der Waals surface area (Å²) in [5, 5.41) is 0. The molecule has 0 spiro atoms. The average molecular weight is 296 g/mol. The molecule has 0 aliphatic heterocycles. The van der Waals surface area contributed by atoms with E-state index in [2.05, 4.69) is 86.7 Å². The van der Waals surface area contributed by atoms with Crippen LogP contribution in [0.4, 0.5) is 0 Å². The van der Waals surface area contributed by atoms with Crippen LogP contribution in [0.3, 0.4) is 0 Å². The van der Waals surface area contributed by atoms with E-state index in [1.54, 1.807) is 0 Å². The number of benzene rings is 3. The van der Waals surface area contributed by atoms with Gasteiger partial charge in [-0.05, 0) is 59.2 Å². The monoisotopic (exact) mass is 296 g/mol. The lowest BCUT2D eigenvalue weighted by molar-refractivity contribution is 1.20. The van der Waals surface area contributed by atoms with Crippen molar-refractivity contribution in [1.29, 1.82) is 0 Å². The maximum Gasteiger partial charge on any atom is -0.00273 e. The van der Waals surface area contributed by atoms with Gasteiger partial charge in [0.2, 0.25) is 0 Å². The van der Waals surface area contributed by atoms with Crippen molar-refractivity contribution in [3.63, 3.8) is 0 Å². The molecule has 0 heteroatoms. The summed E-state index contributed by atoms with van der Waals surface area (Å²) < 4.78 is 0. The molecule has 1 aliphatic carbocycles. The van der Waals surface area contributed by atoms with Crippen LogP contribution in [0.25, 0.3) is 28.3 Å². The number of hydrogen-bond acceptors (Lipinski definition) is 0. The first-order valence-corrected chi connectivity index (χ1v) is 8.18. The molecular formula is C23H20. The second-order valence-electron chi connectivity index (χ2n) is 6.41. The zero-order chi connectivity index (χ0) is 15.8. The molecule has 0 unspecified atom stereocenters. The average Bonchev–Trinajstić information content (AvgIpc) is 2.96. The molecule has 3 aromatic carbocycles. The Kier molecular flexibility index (Phi) is 3.38. The minimum absolute atomic E-state index is 1.07. The Labute approximate surface area is 138 Å². The predicted octanol–water partition coefficient (Wildman–Crippen LogP) is 6.29. The third kappa shape index (κ3) is 2.41. The minimum Gasteiger partial charge on any atom is -0.0683 e. The van der Waals surface area contributed by atoms with Crippen LogP contribution >= 0.6 is 0 Å². The summed E-state index contributed by atoms with van der Waals surface area (Å²) in [5.74, 6) is 0. The Balaban J connectivity index is 2.06. The summed E-state index contributed by atoms with van der Waals surface area (Å²) in [6.45, 7) is 4.43. The number of hydrogen-bond donors (Lipinski definition) is 0. The van der Waals surface area contributed by atoms with Crippen molar-refractivity contribution in [2.24, 2.45) is 0 Å². The summed E-state index contributed by atoms with van der Waals surface area (Å²) in [5.41, 5.74) is 10.9. The van der Waals surface area contributed by atoms with Gasteiger partial charge in [0, 0.05) is 0 Å². The summed E-state index contributed by atoms with van der Waals surface area (Å²) in [6.07, 6.45) is 3.44. The summed E-state index contributed by atoms with van der Waals surface area (Å²) in [6, 6.07) is 24.0. The van der Waals surface area contributed by atoms with E-state index in [1.165, 1.54) is 44.5 Å². The second-order valence-corrected chi connectivity index (χ2v) is 6.41. The zero-order valence-electron chi connectivity index (χ0n) is 13.6. The van der Waals surface area contributed by atoms with Gasteiger partial charge >= 0.3 is 0 Å². The van der Waals surface area contributed by atoms with E-state index >= 15 is 0 Å². The van der Waals surface area contributed by atoms with Crippen molar-refractivity contribution in [2.45, 2.75) is 20.3 Å². The van der Waals surface area contributed by atoms with Crippen LogP contribution in [0, 0.1) is 6.92 Å². The molecule has 0 saturated carbocycles.